The Bertz CT molecular complexity index is 346. The summed E-state index contributed by atoms with van der Waals surface area (Å²) in [4.78, 5) is 27.8. The minimum atomic E-state index is 0.0536. The molecule has 2 heterocycles. The van der Waals surface area contributed by atoms with E-state index in [0.29, 0.717) is 19.6 Å². The summed E-state index contributed by atoms with van der Waals surface area (Å²) in [5, 5.41) is 0. The van der Waals surface area contributed by atoms with Gasteiger partial charge in [0.05, 0.1) is 25.3 Å². The molecule has 0 aromatic heterocycles. The first kappa shape index (κ1) is 14.3. The summed E-state index contributed by atoms with van der Waals surface area (Å²) < 4.78 is 5.53. The third-order valence-electron chi connectivity index (χ3n) is 3.93. The first-order valence-corrected chi connectivity index (χ1v) is 7.27. The molecule has 0 aromatic carbocycles. The van der Waals surface area contributed by atoms with Gasteiger partial charge >= 0.3 is 0 Å². The Morgan fingerprint density at radius 2 is 2.11 bits per heavy atom. The lowest BCUT2D eigenvalue weighted by Gasteiger charge is -2.37. The SMILES string of the molecule is CC1CN(C(=O)CN2CCCCCC2=O)C(C)CO1. The van der Waals surface area contributed by atoms with Gasteiger partial charge in [-0.3, -0.25) is 9.59 Å². The Hall–Kier alpha value is -1.10. The number of likely N-dealkylation sites (tertiary alicyclic amines) is 1. The molecule has 0 spiro atoms. The highest BCUT2D eigenvalue weighted by atomic mass is 16.5. The van der Waals surface area contributed by atoms with Crippen molar-refractivity contribution in [2.45, 2.75) is 51.7 Å². The van der Waals surface area contributed by atoms with Gasteiger partial charge in [-0.15, -0.1) is 0 Å². The topological polar surface area (TPSA) is 49.9 Å². The summed E-state index contributed by atoms with van der Waals surface area (Å²) in [5.41, 5.74) is 0. The standard InChI is InChI=1S/C14H24N2O3/c1-11-10-19-12(2)8-16(11)14(18)9-15-7-5-3-4-6-13(15)17/h11-12H,3-10H2,1-2H3. The van der Waals surface area contributed by atoms with Crippen LogP contribution in [0.4, 0.5) is 0 Å². The number of carbonyl (C=O) groups is 2. The zero-order chi connectivity index (χ0) is 13.8. The second-order valence-electron chi connectivity index (χ2n) is 5.67. The molecule has 19 heavy (non-hydrogen) atoms. The first-order chi connectivity index (χ1) is 9.08. The van der Waals surface area contributed by atoms with Crippen LogP contribution in [0.25, 0.3) is 0 Å². The van der Waals surface area contributed by atoms with E-state index >= 15 is 0 Å². The minimum absolute atomic E-state index is 0.0536. The predicted octanol–water partition coefficient (Wildman–Crippen LogP) is 1.02. The number of hydrogen-bond donors (Lipinski definition) is 0. The predicted molar refractivity (Wildman–Crippen MR) is 71.6 cm³/mol. The van der Waals surface area contributed by atoms with Crippen LogP contribution in [-0.2, 0) is 14.3 Å². The maximum atomic E-state index is 12.4. The van der Waals surface area contributed by atoms with E-state index in [9.17, 15) is 9.59 Å². The number of amides is 2. The van der Waals surface area contributed by atoms with E-state index in [1.165, 1.54) is 0 Å². The number of morpholine rings is 1. The lowest BCUT2D eigenvalue weighted by Crippen LogP contribution is -2.53. The fourth-order valence-electron chi connectivity index (χ4n) is 2.71. The maximum Gasteiger partial charge on any atom is 0.242 e. The molecule has 0 bridgehead atoms. The zero-order valence-electron chi connectivity index (χ0n) is 11.9. The molecular formula is C14H24N2O3. The number of ether oxygens (including phenoxy) is 1. The van der Waals surface area contributed by atoms with Gasteiger partial charge in [-0.2, -0.15) is 0 Å². The fourth-order valence-corrected chi connectivity index (χ4v) is 2.71. The molecule has 2 amide bonds. The van der Waals surface area contributed by atoms with E-state index in [1.54, 1.807) is 4.90 Å². The van der Waals surface area contributed by atoms with Crippen LogP contribution in [0.1, 0.15) is 39.5 Å². The molecule has 2 saturated heterocycles. The van der Waals surface area contributed by atoms with E-state index < -0.39 is 0 Å². The molecule has 5 heteroatoms. The van der Waals surface area contributed by atoms with Crippen molar-refractivity contribution in [2.24, 2.45) is 0 Å². The van der Waals surface area contributed by atoms with Crippen molar-refractivity contribution in [3.63, 3.8) is 0 Å². The third-order valence-corrected chi connectivity index (χ3v) is 3.93. The van der Waals surface area contributed by atoms with Gasteiger partial charge < -0.3 is 14.5 Å². The highest BCUT2D eigenvalue weighted by Gasteiger charge is 2.29. The summed E-state index contributed by atoms with van der Waals surface area (Å²) in [7, 11) is 0. The molecule has 2 rings (SSSR count). The van der Waals surface area contributed by atoms with Crippen LogP contribution in [0.15, 0.2) is 0 Å². The van der Waals surface area contributed by atoms with Gasteiger partial charge in [0, 0.05) is 19.5 Å². The van der Waals surface area contributed by atoms with Crippen LogP contribution in [0.2, 0.25) is 0 Å². The molecule has 0 radical (unpaired) electrons. The van der Waals surface area contributed by atoms with E-state index in [2.05, 4.69) is 0 Å². The van der Waals surface area contributed by atoms with Gasteiger partial charge in [-0.25, -0.2) is 0 Å². The number of rotatable bonds is 2. The smallest absolute Gasteiger partial charge is 0.242 e. The van der Waals surface area contributed by atoms with E-state index in [1.807, 2.05) is 18.7 Å². The number of hydrogen-bond acceptors (Lipinski definition) is 3. The Morgan fingerprint density at radius 3 is 2.89 bits per heavy atom. The quantitative estimate of drug-likeness (QED) is 0.751. The molecule has 2 atom stereocenters. The fraction of sp³-hybridized carbons (Fsp3) is 0.857. The van der Waals surface area contributed by atoms with Crippen LogP contribution >= 0.6 is 0 Å². The zero-order valence-corrected chi connectivity index (χ0v) is 11.9. The number of nitrogens with zero attached hydrogens (tertiary/aromatic N) is 2. The molecule has 5 nitrogen and oxygen atoms in total. The lowest BCUT2D eigenvalue weighted by molar-refractivity contribution is -0.148. The van der Waals surface area contributed by atoms with Crippen LogP contribution in [0, 0.1) is 0 Å². The number of carbonyl (C=O) groups excluding carboxylic acids is 2. The van der Waals surface area contributed by atoms with Gasteiger partial charge in [0.2, 0.25) is 11.8 Å². The molecule has 0 aliphatic carbocycles. The van der Waals surface area contributed by atoms with Crippen LogP contribution in [-0.4, -0.2) is 60.0 Å². The molecule has 0 saturated carbocycles. The second-order valence-corrected chi connectivity index (χ2v) is 5.67. The largest absolute Gasteiger partial charge is 0.375 e. The average molecular weight is 268 g/mol. The van der Waals surface area contributed by atoms with Crippen LogP contribution in [0.3, 0.4) is 0 Å². The van der Waals surface area contributed by atoms with Crippen molar-refractivity contribution in [1.82, 2.24) is 9.80 Å². The lowest BCUT2D eigenvalue weighted by atomic mass is 10.2. The Morgan fingerprint density at radius 1 is 1.32 bits per heavy atom. The highest BCUT2D eigenvalue weighted by Crippen LogP contribution is 2.14. The van der Waals surface area contributed by atoms with Gasteiger partial charge in [-0.1, -0.05) is 6.42 Å². The summed E-state index contributed by atoms with van der Waals surface area (Å²) in [6, 6.07) is 0.103. The van der Waals surface area contributed by atoms with E-state index in [4.69, 9.17) is 4.74 Å². The van der Waals surface area contributed by atoms with Gasteiger partial charge in [0.1, 0.15) is 0 Å². The van der Waals surface area contributed by atoms with Crippen LogP contribution < -0.4 is 0 Å². The van der Waals surface area contributed by atoms with Crippen molar-refractivity contribution >= 4 is 11.8 Å². The first-order valence-electron chi connectivity index (χ1n) is 7.27. The molecule has 2 aliphatic heterocycles. The second kappa shape index (κ2) is 6.37. The van der Waals surface area contributed by atoms with E-state index in [-0.39, 0.29) is 30.5 Å². The minimum Gasteiger partial charge on any atom is -0.375 e. The van der Waals surface area contributed by atoms with Gasteiger partial charge in [-0.05, 0) is 26.7 Å². The molecule has 0 aromatic rings. The van der Waals surface area contributed by atoms with E-state index in [0.717, 1.165) is 25.8 Å². The summed E-state index contributed by atoms with van der Waals surface area (Å²) in [5.74, 6) is 0.178. The highest BCUT2D eigenvalue weighted by molar-refractivity contribution is 5.85. The van der Waals surface area contributed by atoms with Crippen molar-refractivity contribution < 1.29 is 14.3 Å². The van der Waals surface area contributed by atoms with Gasteiger partial charge in [0.15, 0.2) is 0 Å². The Labute approximate surface area is 114 Å². The monoisotopic (exact) mass is 268 g/mol. The third kappa shape index (κ3) is 3.69. The molecule has 108 valence electrons. The molecule has 2 fully saturated rings. The van der Waals surface area contributed by atoms with Crippen molar-refractivity contribution in [1.29, 1.82) is 0 Å². The van der Waals surface area contributed by atoms with Crippen molar-refractivity contribution in [3.05, 3.63) is 0 Å². The summed E-state index contributed by atoms with van der Waals surface area (Å²) in [6.07, 6.45) is 3.71. The van der Waals surface area contributed by atoms with Gasteiger partial charge in [0.25, 0.3) is 0 Å². The Balaban J connectivity index is 1.93. The van der Waals surface area contributed by atoms with Crippen molar-refractivity contribution in [3.8, 4) is 0 Å². The maximum absolute atomic E-state index is 12.4. The van der Waals surface area contributed by atoms with Crippen molar-refractivity contribution in [2.75, 3.05) is 26.2 Å². The molecule has 2 unspecified atom stereocenters. The van der Waals surface area contributed by atoms with Crippen LogP contribution in [0.5, 0.6) is 0 Å². The molecule has 0 N–H and O–H groups in total. The molecule has 2 aliphatic rings. The molecular weight excluding hydrogens is 244 g/mol. The average Bonchev–Trinajstić information content (AvgIpc) is 2.58. The Kier molecular flexibility index (Phi) is 4.80. The summed E-state index contributed by atoms with van der Waals surface area (Å²) >= 11 is 0. The normalized spacial score (nSPS) is 29.3. The summed E-state index contributed by atoms with van der Waals surface area (Å²) in [6.45, 7) is 6.13.